The number of rotatable bonds is 4. The average Bonchev–Trinajstić information content (AvgIpc) is 2.24. The van der Waals surface area contributed by atoms with Gasteiger partial charge < -0.3 is 11.1 Å². The summed E-state index contributed by atoms with van der Waals surface area (Å²) >= 11 is 5.78. The van der Waals surface area contributed by atoms with Crippen LogP contribution in [0.1, 0.15) is 25.3 Å². The third-order valence-corrected chi connectivity index (χ3v) is 2.61. The van der Waals surface area contributed by atoms with Crippen LogP contribution in [0.4, 0.5) is 5.69 Å². The summed E-state index contributed by atoms with van der Waals surface area (Å²) in [4.78, 5) is 15.5. The van der Waals surface area contributed by atoms with Gasteiger partial charge in [0.05, 0.1) is 17.9 Å². The number of amides is 1. The number of aryl methyl sites for hydroxylation is 1. The molecule has 1 atom stereocenters. The van der Waals surface area contributed by atoms with Gasteiger partial charge in [-0.2, -0.15) is 0 Å². The predicted octanol–water partition coefficient (Wildman–Crippen LogP) is 2.11. The zero-order chi connectivity index (χ0) is 12.1. The number of nitrogens with two attached hydrogens (primary N) is 1. The second-order valence-corrected chi connectivity index (χ2v) is 4.07. The van der Waals surface area contributed by atoms with Crippen molar-refractivity contribution in [3.05, 3.63) is 23.0 Å². The maximum atomic E-state index is 11.6. The lowest BCUT2D eigenvalue weighted by molar-refractivity contribution is -0.117. The molecular formula is C11H16ClN3O. The quantitative estimate of drug-likeness (QED) is 0.794. The number of aromatic nitrogens is 1. The molecule has 0 aliphatic rings. The van der Waals surface area contributed by atoms with Crippen molar-refractivity contribution < 1.29 is 4.79 Å². The van der Waals surface area contributed by atoms with Gasteiger partial charge in [0, 0.05) is 0 Å². The van der Waals surface area contributed by atoms with Gasteiger partial charge in [-0.3, -0.25) is 4.79 Å². The van der Waals surface area contributed by atoms with Gasteiger partial charge in [-0.25, -0.2) is 4.98 Å². The Labute approximate surface area is 100 Å². The highest BCUT2D eigenvalue weighted by Crippen LogP contribution is 2.16. The Balaban J connectivity index is 2.66. The number of carbonyl (C=O) groups is 1. The van der Waals surface area contributed by atoms with E-state index in [4.69, 9.17) is 17.3 Å². The molecule has 3 N–H and O–H groups in total. The number of halogens is 1. The fourth-order valence-electron chi connectivity index (χ4n) is 1.30. The van der Waals surface area contributed by atoms with Crippen LogP contribution in [0.15, 0.2) is 12.3 Å². The van der Waals surface area contributed by atoms with Crippen LogP contribution in [0, 0.1) is 6.92 Å². The Morgan fingerprint density at radius 3 is 2.94 bits per heavy atom. The van der Waals surface area contributed by atoms with Gasteiger partial charge in [-0.05, 0) is 25.0 Å². The van der Waals surface area contributed by atoms with E-state index in [0.717, 1.165) is 12.0 Å². The Morgan fingerprint density at radius 2 is 2.38 bits per heavy atom. The van der Waals surface area contributed by atoms with Crippen molar-refractivity contribution in [2.24, 2.45) is 5.73 Å². The fraction of sp³-hybridized carbons (Fsp3) is 0.455. The summed E-state index contributed by atoms with van der Waals surface area (Å²) < 4.78 is 0. The lowest BCUT2D eigenvalue weighted by Crippen LogP contribution is -2.35. The van der Waals surface area contributed by atoms with E-state index in [1.54, 1.807) is 6.07 Å². The molecule has 0 aliphatic heterocycles. The largest absolute Gasteiger partial charge is 0.323 e. The number of nitrogens with zero attached hydrogens (tertiary/aromatic N) is 1. The summed E-state index contributed by atoms with van der Waals surface area (Å²) in [7, 11) is 0. The van der Waals surface area contributed by atoms with Crippen LogP contribution in [-0.4, -0.2) is 16.9 Å². The van der Waals surface area contributed by atoms with Gasteiger partial charge in [-0.1, -0.05) is 24.9 Å². The van der Waals surface area contributed by atoms with Gasteiger partial charge in [-0.15, -0.1) is 0 Å². The maximum Gasteiger partial charge on any atom is 0.241 e. The minimum Gasteiger partial charge on any atom is -0.323 e. The Kier molecular flexibility index (Phi) is 4.71. The van der Waals surface area contributed by atoms with Gasteiger partial charge in [0.2, 0.25) is 5.91 Å². The van der Waals surface area contributed by atoms with E-state index >= 15 is 0 Å². The molecule has 1 amide bonds. The van der Waals surface area contributed by atoms with Crippen LogP contribution < -0.4 is 11.1 Å². The highest BCUT2D eigenvalue weighted by atomic mass is 35.5. The summed E-state index contributed by atoms with van der Waals surface area (Å²) in [5.74, 6) is -0.189. The first-order valence-electron chi connectivity index (χ1n) is 5.23. The smallest absolute Gasteiger partial charge is 0.241 e. The van der Waals surface area contributed by atoms with Crippen LogP contribution >= 0.6 is 11.6 Å². The molecule has 0 unspecified atom stereocenters. The lowest BCUT2D eigenvalue weighted by Gasteiger charge is -2.11. The number of hydrogen-bond donors (Lipinski definition) is 2. The first-order valence-corrected chi connectivity index (χ1v) is 5.61. The molecule has 0 aliphatic carbocycles. The van der Waals surface area contributed by atoms with Crippen molar-refractivity contribution in [2.75, 3.05) is 5.32 Å². The minimum absolute atomic E-state index is 0.189. The van der Waals surface area contributed by atoms with E-state index in [0.29, 0.717) is 17.3 Å². The molecule has 0 bridgehead atoms. The average molecular weight is 242 g/mol. The molecule has 0 saturated carbocycles. The van der Waals surface area contributed by atoms with E-state index in [1.165, 1.54) is 6.20 Å². The Bertz CT molecular complexity index is 381. The normalized spacial score (nSPS) is 12.2. The summed E-state index contributed by atoms with van der Waals surface area (Å²) in [5.41, 5.74) is 7.13. The van der Waals surface area contributed by atoms with Crippen LogP contribution in [0.25, 0.3) is 0 Å². The molecule has 4 nitrogen and oxygen atoms in total. The van der Waals surface area contributed by atoms with Crippen molar-refractivity contribution in [3.63, 3.8) is 0 Å². The van der Waals surface area contributed by atoms with Gasteiger partial charge >= 0.3 is 0 Å². The van der Waals surface area contributed by atoms with E-state index < -0.39 is 6.04 Å². The van der Waals surface area contributed by atoms with Gasteiger partial charge in [0.1, 0.15) is 5.15 Å². The highest BCUT2D eigenvalue weighted by Gasteiger charge is 2.12. The molecule has 16 heavy (non-hydrogen) atoms. The molecule has 0 aromatic carbocycles. The summed E-state index contributed by atoms with van der Waals surface area (Å²) in [6.07, 6.45) is 3.07. The molecule has 0 spiro atoms. The Morgan fingerprint density at radius 1 is 1.69 bits per heavy atom. The van der Waals surface area contributed by atoms with Crippen molar-refractivity contribution >= 4 is 23.2 Å². The summed E-state index contributed by atoms with van der Waals surface area (Å²) in [6, 6.07) is 1.30. The number of hydrogen-bond acceptors (Lipinski definition) is 3. The minimum atomic E-state index is -0.471. The molecule has 88 valence electrons. The van der Waals surface area contributed by atoms with Gasteiger partial charge in [0.15, 0.2) is 0 Å². The van der Waals surface area contributed by atoms with Crippen molar-refractivity contribution in [1.82, 2.24) is 4.98 Å². The van der Waals surface area contributed by atoms with Crippen LogP contribution in [0.3, 0.4) is 0 Å². The second kappa shape index (κ2) is 5.82. The zero-order valence-corrected chi connectivity index (χ0v) is 10.2. The first-order chi connectivity index (χ1) is 7.54. The molecular weight excluding hydrogens is 226 g/mol. The third-order valence-electron chi connectivity index (χ3n) is 2.22. The zero-order valence-electron chi connectivity index (χ0n) is 9.46. The highest BCUT2D eigenvalue weighted by molar-refractivity contribution is 6.30. The maximum absolute atomic E-state index is 11.6. The van der Waals surface area contributed by atoms with Crippen LogP contribution in [0.5, 0.6) is 0 Å². The van der Waals surface area contributed by atoms with E-state index in [2.05, 4.69) is 10.3 Å². The molecule has 1 heterocycles. The first kappa shape index (κ1) is 12.9. The third kappa shape index (κ3) is 3.47. The second-order valence-electron chi connectivity index (χ2n) is 3.72. The molecule has 0 saturated heterocycles. The van der Waals surface area contributed by atoms with Gasteiger partial charge in [0.25, 0.3) is 0 Å². The van der Waals surface area contributed by atoms with E-state index in [-0.39, 0.29) is 5.91 Å². The summed E-state index contributed by atoms with van der Waals surface area (Å²) in [6.45, 7) is 3.82. The van der Waals surface area contributed by atoms with Crippen LogP contribution in [-0.2, 0) is 4.79 Å². The van der Waals surface area contributed by atoms with Crippen LogP contribution in [0.2, 0.25) is 5.15 Å². The van der Waals surface area contributed by atoms with E-state index in [1.807, 2.05) is 13.8 Å². The number of nitrogens with one attached hydrogen (secondary N) is 1. The number of pyridine rings is 1. The topological polar surface area (TPSA) is 68.0 Å². The van der Waals surface area contributed by atoms with E-state index in [9.17, 15) is 4.79 Å². The molecule has 1 aromatic rings. The van der Waals surface area contributed by atoms with Crippen molar-refractivity contribution in [1.29, 1.82) is 0 Å². The molecule has 1 rings (SSSR count). The number of carbonyl (C=O) groups excluding carboxylic acids is 1. The number of anilines is 1. The predicted molar refractivity (Wildman–Crippen MR) is 65.5 cm³/mol. The molecule has 1 aromatic heterocycles. The summed E-state index contributed by atoms with van der Waals surface area (Å²) in [5, 5.41) is 3.15. The Hall–Kier alpha value is -1.13. The standard InChI is InChI=1S/C11H16ClN3O/c1-3-4-9(13)11(16)15-8-5-7(2)10(12)14-6-8/h5-6,9H,3-4,13H2,1-2H3,(H,15,16)/t9-/m1/s1. The molecule has 0 fully saturated rings. The molecule has 0 radical (unpaired) electrons. The SMILES string of the molecule is CCC[C@@H](N)C(=O)Nc1cnc(Cl)c(C)c1. The van der Waals surface area contributed by atoms with Crippen molar-refractivity contribution in [3.8, 4) is 0 Å². The monoisotopic (exact) mass is 241 g/mol. The lowest BCUT2D eigenvalue weighted by atomic mass is 10.1. The molecule has 5 heteroatoms. The van der Waals surface area contributed by atoms with Crippen molar-refractivity contribution in [2.45, 2.75) is 32.7 Å². The fourth-order valence-corrected chi connectivity index (χ4v) is 1.41.